The first-order valence-corrected chi connectivity index (χ1v) is 11.7. The van der Waals surface area contributed by atoms with Crippen molar-refractivity contribution in [2.75, 3.05) is 0 Å². The lowest BCUT2D eigenvalue weighted by Crippen LogP contribution is -2.52. The fraction of sp³-hybridized carbons (Fsp3) is 0.231. The van der Waals surface area contributed by atoms with Crippen LogP contribution < -0.4 is 5.32 Å². The molecule has 38 heavy (non-hydrogen) atoms. The predicted octanol–water partition coefficient (Wildman–Crippen LogP) is 3.48. The van der Waals surface area contributed by atoms with Crippen LogP contribution in [0.5, 0.6) is 0 Å². The lowest BCUT2D eigenvalue weighted by Gasteiger charge is -2.29. The van der Waals surface area contributed by atoms with Crippen molar-refractivity contribution >= 4 is 28.6 Å². The predicted molar refractivity (Wildman–Crippen MR) is 128 cm³/mol. The summed E-state index contributed by atoms with van der Waals surface area (Å²) in [6.07, 6.45) is -1.39. The van der Waals surface area contributed by atoms with Crippen molar-refractivity contribution in [2.45, 2.75) is 31.6 Å². The molecule has 9 nitrogen and oxygen atoms in total. The molecule has 2 aromatic carbocycles. The van der Waals surface area contributed by atoms with Gasteiger partial charge in [-0.2, -0.15) is 13.2 Å². The second-order valence-corrected chi connectivity index (χ2v) is 9.26. The number of hydrogen-bond donors (Lipinski definition) is 1. The van der Waals surface area contributed by atoms with Gasteiger partial charge in [-0.15, -0.1) is 0 Å². The summed E-state index contributed by atoms with van der Waals surface area (Å²) in [5.74, 6) is -2.36. The number of halogens is 3. The second kappa shape index (κ2) is 8.47. The van der Waals surface area contributed by atoms with E-state index in [1.165, 1.54) is 24.3 Å². The Kier molecular flexibility index (Phi) is 5.30. The van der Waals surface area contributed by atoms with Crippen molar-refractivity contribution in [3.05, 3.63) is 65.9 Å². The van der Waals surface area contributed by atoms with Gasteiger partial charge in [-0.25, -0.2) is 15.0 Å². The average molecular weight is 520 g/mol. The number of imidazole rings is 1. The highest BCUT2D eigenvalue weighted by Crippen LogP contribution is 2.40. The van der Waals surface area contributed by atoms with E-state index in [2.05, 4.69) is 20.3 Å². The van der Waals surface area contributed by atoms with Gasteiger partial charge in [0.1, 0.15) is 12.4 Å². The van der Waals surface area contributed by atoms with Crippen LogP contribution in [0.25, 0.3) is 33.4 Å². The number of piperidine rings is 1. The number of alkyl halides is 3. The van der Waals surface area contributed by atoms with Crippen LogP contribution in [0.3, 0.4) is 0 Å². The van der Waals surface area contributed by atoms with Crippen LogP contribution in [0.2, 0.25) is 0 Å². The zero-order chi connectivity index (χ0) is 26.8. The Hall–Kier alpha value is -4.61. The summed E-state index contributed by atoms with van der Waals surface area (Å²) in [7, 11) is 1.31. The number of aromatic nitrogens is 4. The van der Waals surface area contributed by atoms with E-state index in [4.69, 9.17) is 0 Å². The highest BCUT2D eigenvalue weighted by molar-refractivity contribution is 6.05. The Morgan fingerprint density at radius 2 is 1.84 bits per heavy atom. The molecule has 12 heteroatoms. The van der Waals surface area contributed by atoms with E-state index in [1.807, 2.05) is 0 Å². The van der Waals surface area contributed by atoms with Crippen LogP contribution in [-0.2, 0) is 29.4 Å². The number of imide groups is 1. The first kappa shape index (κ1) is 23.8. The normalized spacial score (nSPS) is 17.7. The molecule has 0 aliphatic carbocycles. The third kappa shape index (κ3) is 3.80. The van der Waals surface area contributed by atoms with Gasteiger partial charge >= 0.3 is 6.18 Å². The molecule has 192 valence electrons. The van der Waals surface area contributed by atoms with Crippen molar-refractivity contribution < 1.29 is 27.6 Å². The number of nitrogens with one attached hydrogen (secondary N) is 1. The van der Waals surface area contributed by atoms with Gasteiger partial charge in [0.25, 0.3) is 5.91 Å². The maximum atomic E-state index is 13.9. The number of carbonyl (C=O) groups excluding carboxylic acids is 3. The molecule has 4 heterocycles. The Morgan fingerprint density at radius 1 is 1.05 bits per heavy atom. The summed E-state index contributed by atoms with van der Waals surface area (Å²) in [5.41, 5.74) is 2.71. The monoisotopic (exact) mass is 520 g/mol. The molecular weight excluding hydrogens is 501 g/mol. The lowest BCUT2D eigenvalue weighted by atomic mass is 10.00. The summed E-state index contributed by atoms with van der Waals surface area (Å²) in [4.78, 5) is 50.5. The number of carbonyl (C=O) groups is 3. The molecule has 4 aromatic rings. The van der Waals surface area contributed by atoms with E-state index in [9.17, 15) is 27.6 Å². The Bertz CT molecular complexity index is 1660. The van der Waals surface area contributed by atoms with Crippen LogP contribution in [0.4, 0.5) is 13.2 Å². The standard InChI is InChI=1S/C26H19F3N6O3/c1-34-22(14-2-3-15-10-30-12-31-18(15)9-14)21(33-25(34)26(27,28)29)13-4-5-17-16(8-13)11-35(24(17)38)19-6-7-20(36)32-23(19)37/h2-5,8-10,12,19H,6-7,11H2,1H3,(H,32,36,37). The zero-order valence-corrected chi connectivity index (χ0v) is 19.9. The largest absolute Gasteiger partial charge is 0.449 e. The number of fused-ring (bicyclic) bond motifs is 2. The lowest BCUT2D eigenvalue weighted by molar-refractivity contribution is -0.146. The molecule has 0 spiro atoms. The second-order valence-electron chi connectivity index (χ2n) is 9.26. The zero-order valence-electron chi connectivity index (χ0n) is 19.9. The maximum absolute atomic E-state index is 13.9. The summed E-state index contributed by atoms with van der Waals surface area (Å²) in [6, 6.07) is 9.03. The maximum Gasteiger partial charge on any atom is 0.449 e. The molecule has 1 atom stereocenters. The van der Waals surface area contributed by atoms with Crippen molar-refractivity contribution in [3.8, 4) is 22.5 Å². The van der Waals surface area contributed by atoms with Crippen LogP contribution >= 0.6 is 0 Å². The van der Waals surface area contributed by atoms with Crippen LogP contribution in [-0.4, -0.2) is 48.2 Å². The van der Waals surface area contributed by atoms with E-state index in [0.29, 0.717) is 27.8 Å². The molecular formula is C26H19F3N6O3. The van der Waals surface area contributed by atoms with Crippen molar-refractivity contribution in [2.24, 2.45) is 7.05 Å². The Labute approximate surface area is 213 Å². The number of amides is 3. The van der Waals surface area contributed by atoms with Crippen LogP contribution in [0.1, 0.15) is 34.6 Å². The molecule has 2 aliphatic heterocycles. The van der Waals surface area contributed by atoms with E-state index in [1.54, 1.807) is 36.5 Å². The molecule has 6 rings (SSSR count). The smallest absolute Gasteiger partial charge is 0.323 e. The van der Waals surface area contributed by atoms with Gasteiger partial charge in [0.2, 0.25) is 17.6 Å². The summed E-state index contributed by atoms with van der Waals surface area (Å²) in [5, 5.41) is 2.99. The summed E-state index contributed by atoms with van der Waals surface area (Å²) >= 11 is 0. The van der Waals surface area contributed by atoms with Gasteiger partial charge in [0.15, 0.2) is 0 Å². The molecule has 3 amide bonds. The van der Waals surface area contributed by atoms with Gasteiger partial charge in [0, 0.05) is 48.3 Å². The molecule has 2 aromatic heterocycles. The van der Waals surface area contributed by atoms with Crippen LogP contribution in [0, 0.1) is 0 Å². The first-order chi connectivity index (χ1) is 18.1. The van der Waals surface area contributed by atoms with E-state index < -0.39 is 23.9 Å². The van der Waals surface area contributed by atoms with E-state index >= 15 is 0 Å². The average Bonchev–Trinajstić information content (AvgIpc) is 3.40. The molecule has 1 N–H and O–H groups in total. The third-order valence-corrected chi connectivity index (χ3v) is 6.93. The van der Waals surface area contributed by atoms with Gasteiger partial charge in [-0.1, -0.05) is 18.2 Å². The number of hydrogen-bond acceptors (Lipinski definition) is 6. The molecule has 0 radical (unpaired) electrons. The van der Waals surface area contributed by atoms with Gasteiger partial charge in [-0.05, 0) is 30.2 Å². The Balaban J connectivity index is 1.44. The third-order valence-electron chi connectivity index (χ3n) is 6.93. The van der Waals surface area contributed by atoms with Gasteiger partial charge in [0.05, 0.1) is 16.9 Å². The highest BCUT2D eigenvalue weighted by atomic mass is 19.4. The fourth-order valence-electron chi connectivity index (χ4n) is 5.13. The molecule has 1 fully saturated rings. The molecule has 0 bridgehead atoms. The molecule has 1 unspecified atom stereocenters. The number of benzene rings is 2. The number of rotatable bonds is 3. The first-order valence-electron chi connectivity index (χ1n) is 11.7. The molecule has 1 saturated heterocycles. The highest BCUT2D eigenvalue weighted by Gasteiger charge is 2.41. The molecule has 0 saturated carbocycles. The quantitative estimate of drug-likeness (QED) is 0.415. The molecule has 2 aliphatic rings. The number of nitrogens with zero attached hydrogens (tertiary/aromatic N) is 5. The minimum atomic E-state index is -4.70. The van der Waals surface area contributed by atoms with Gasteiger partial charge in [-0.3, -0.25) is 19.7 Å². The minimum absolute atomic E-state index is 0.0927. The van der Waals surface area contributed by atoms with Crippen molar-refractivity contribution in [3.63, 3.8) is 0 Å². The SMILES string of the molecule is Cn1c(C(F)(F)F)nc(-c2ccc3c(c2)CN(C2CCC(=O)NC2=O)C3=O)c1-c1ccc2cncnc2c1. The van der Waals surface area contributed by atoms with Gasteiger partial charge < -0.3 is 9.47 Å². The minimum Gasteiger partial charge on any atom is -0.323 e. The van der Waals surface area contributed by atoms with E-state index in [-0.39, 0.29) is 42.6 Å². The summed E-state index contributed by atoms with van der Waals surface area (Å²) < 4.78 is 42.7. The van der Waals surface area contributed by atoms with E-state index in [0.717, 1.165) is 9.95 Å². The van der Waals surface area contributed by atoms with Crippen molar-refractivity contribution in [1.82, 2.24) is 29.7 Å². The fourth-order valence-corrected chi connectivity index (χ4v) is 5.13. The van der Waals surface area contributed by atoms with Crippen molar-refractivity contribution in [1.29, 1.82) is 0 Å². The topological polar surface area (TPSA) is 110 Å². The Morgan fingerprint density at radius 3 is 2.61 bits per heavy atom. The summed E-state index contributed by atoms with van der Waals surface area (Å²) in [6.45, 7) is 0.0927. The van der Waals surface area contributed by atoms with Crippen LogP contribution in [0.15, 0.2) is 48.9 Å².